The lowest BCUT2D eigenvalue weighted by molar-refractivity contribution is -0.152. The third kappa shape index (κ3) is 5.52. The summed E-state index contributed by atoms with van der Waals surface area (Å²) in [6, 6.07) is 14.4. The summed E-state index contributed by atoms with van der Waals surface area (Å²) in [6.07, 6.45) is 10.8. The van der Waals surface area contributed by atoms with E-state index in [0.29, 0.717) is 5.75 Å². The van der Waals surface area contributed by atoms with Crippen LogP contribution in [0.15, 0.2) is 48.5 Å². The van der Waals surface area contributed by atoms with E-state index in [-0.39, 0.29) is 11.4 Å². The summed E-state index contributed by atoms with van der Waals surface area (Å²) in [6.45, 7) is 8.80. The number of benzene rings is 2. The molecule has 0 aliphatic heterocycles. The minimum atomic E-state index is -1.30. The van der Waals surface area contributed by atoms with E-state index in [4.69, 9.17) is 9.47 Å². The van der Waals surface area contributed by atoms with Gasteiger partial charge in [0.25, 0.3) is 0 Å². The van der Waals surface area contributed by atoms with Crippen molar-refractivity contribution in [1.82, 2.24) is 0 Å². The van der Waals surface area contributed by atoms with E-state index in [1.54, 1.807) is 19.9 Å². The van der Waals surface area contributed by atoms with E-state index in [9.17, 15) is 14.7 Å². The van der Waals surface area contributed by atoms with Crippen LogP contribution in [0, 0.1) is 17.8 Å². The molecule has 4 saturated carbocycles. The van der Waals surface area contributed by atoms with Crippen molar-refractivity contribution in [3.8, 4) is 16.9 Å². The molecular weight excluding hydrogens is 476 g/mol. The van der Waals surface area contributed by atoms with Crippen molar-refractivity contribution in [2.24, 2.45) is 17.8 Å². The van der Waals surface area contributed by atoms with E-state index in [1.807, 2.05) is 45.0 Å². The molecule has 1 N–H and O–H groups in total. The van der Waals surface area contributed by atoms with Gasteiger partial charge in [-0.1, -0.05) is 30.3 Å². The first-order chi connectivity index (χ1) is 17.8. The second-order valence-electron chi connectivity index (χ2n) is 13.3. The fourth-order valence-corrected chi connectivity index (χ4v) is 7.26. The van der Waals surface area contributed by atoms with E-state index < -0.39 is 17.2 Å². The number of rotatable bonds is 7. The molecule has 5 heteroatoms. The van der Waals surface area contributed by atoms with Crippen molar-refractivity contribution in [1.29, 1.82) is 0 Å². The fourth-order valence-electron chi connectivity index (χ4n) is 7.26. The topological polar surface area (TPSA) is 72.8 Å². The summed E-state index contributed by atoms with van der Waals surface area (Å²) in [5.41, 5.74) is 2.51. The standard InChI is InChI=1S/C33H40O5/c1-31(2,3)38-29(34)13-8-21-6-9-25(10-7-21)26-11-12-28(37-32(4,5)30(35)36)27(17-26)33-18-22-14-23(19-33)16-24(15-22)20-33/h6-13,17,22-24H,14-16,18-20H2,1-5H3,(H,35,36). The Kier molecular flexibility index (Phi) is 6.69. The van der Waals surface area contributed by atoms with E-state index in [0.717, 1.165) is 34.4 Å². The quantitative estimate of drug-likeness (QED) is 0.306. The van der Waals surface area contributed by atoms with Crippen molar-refractivity contribution in [2.45, 2.75) is 89.8 Å². The number of aliphatic carboxylic acids is 1. The molecule has 4 aliphatic carbocycles. The average Bonchev–Trinajstić information content (AvgIpc) is 2.81. The van der Waals surface area contributed by atoms with Crippen LogP contribution in [0.5, 0.6) is 5.75 Å². The lowest BCUT2D eigenvalue weighted by atomic mass is 9.48. The lowest BCUT2D eigenvalue weighted by Gasteiger charge is -2.57. The second kappa shape index (κ2) is 9.59. The summed E-state index contributed by atoms with van der Waals surface area (Å²) in [5, 5.41) is 9.76. The van der Waals surface area contributed by atoms with Crippen LogP contribution in [0.25, 0.3) is 17.2 Å². The Morgan fingerprint density at radius 3 is 1.95 bits per heavy atom. The van der Waals surface area contributed by atoms with Crippen LogP contribution >= 0.6 is 0 Å². The van der Waals surface area contributed by atoms with Gasteiger partial charge < -0.3 is 14.6 Å². The third-order valence-corrected chi connectivity index (χ3v) is 8.53. The van der Waals surface area contributed by atoms with Gasteiger partial charge in [0, 0.05) is 11.6 Å². The Hall–Kier alpha value is -3.08. The zero-order valence-corrected chi connectivity index (χ0v) is 23.3. The first-order valence-corrected chi connectivity index (χ1v) is 13.9. The average molecular weight is 517 g/mol. The van der Waals surface area contributed by atoms with Crippen LogP contribution in [0.2, 0.25) is 0 Å². The molecule has 0 atom stereocenters. The zero-order chi connectivity index (χ0) is 27.3. The maximum absolute atomic E-state index is 12.0. The minimum Gasteiger partial charge on any atom is -0.478 e. The Labute approximate surface area is 226 Å². The highest BCUT2D eigenvalue weighted by Gasteiger charge is 2.52. The van der Waals surface area contributed by atoms with E-state index in [1.165, 1.54) is 50.2 Å². The molecule has 2 aromatic rings. The van der Waals surface area contributed by atoms with Crippen molar-refractivity contribution >= 4 is 18.0 Å². The molecule has 0 aromatic heterocycles. The zero-order valence-electron chi connectivity index (χ0n) is 23.3. The predicted octanol–water partition coefficient (Wildman–Crippen LogP) is 7.42. The first kappa shape index (κ1) is 26.5. The Morgan fingerprint density at radius 2 is 1.42 bits per heavy atom. The molecule has 0 saturated heterocycles. The number of carboxylic acids is 1. The van der Waals surface area contributed by atoms with Gasteiger partial charge in [-0.25, -0.2) is 9.59 Å². The van der Waals surface area contributed by atoms with Crippen LogP contribution in [-0.2, 0) is 19.7 Å². The molecule has 0 amide bonds. The van der Waals surface area contributed by atoms with Gasteiger partial charge in [-0.15, -0.1) is 0 Å². The maximum Gasteiger partial charge on any atom is 0.347 e. The van der Waals surface area contributed by atoms with Crippen LogP contribution in [0.3, 0.4) is 0 Å². The number of esters is 1. The fraction of sp³-hybridized carbons (Fsp3) is 0.515. The highest BCUT2D eigenvalue weighted by atomic mass is 16.6. The first-order valence-electron chi connectivity index (χ1n) is 13.9. The van der Waals surface area contributed by atoms with Crippen LogP contribution in [-0.4, -0.2) is 28.2 Å². The summed E-state index contributed by atoms with van der Waals surface area (Å²) in [7, 11) is 0. The molecule has 4 bridgehead atoms. The number of hydrogen-bond acceptors (Lipinski definition) is 4. The van der Waals surface area contributed by atoms with Crippen molar-refractivity contribution in [3.63, 3.8) is 0 Å². The molecule has 202 valence electrons. The van der Waals surface area contributed by atoms with E-state index in [2.05, 4.69) is 18.2 Å². The maximum atomic E-state index is 12.0. The van der Waals surface area contributed by atoms with Gasteiger partial charge >= 0.3 is 11.9 Å². The molecule has 5 nitrogen and oxygen atoms in total. The molecule has 0 spiro atoms. The molecule has 0 radical (unpaired) electrons. The predicted molar refractivity (Wildman–Crippen MR) is 149 cm³/mol. The van der Waals surface area contributed by atoms with Crippen LogP contribution < -0.4 is 4.74 Å². The van der Waals surface area contributed by atoms with Gasteiger partial charge in [0.2, 0.25) is 0 Å². The van der Waals surface area contributed by atoms with Crippen LogP contribution in [0.1, 0.15) is 84.3 Å². The molecule has 4 fully saturated rings. The van der Waals surface area contributed by atoms with Crippen molar-refractivity contribution in [3.05, 3.63) is 59.7 Å². The Balaban J connectivity index is 1.46. The minimum absolute atomic E-state index is 0.0603. The smallest absolute Gasteiger partial charge is 0.347 e. The summed E-state index contributed by atoms with van der Waals surface area (Å²) in [4.78, 5) is 23.9. The van der Waals surface area contributed by atoms with E-state index >= 15 is 0 Å². The lowest BCUT2D eigenvalue weighted by Crippen LogP contribution is -2.49. The summed E-state index contributed by atoms with van der Waals surface area (Å²) in [5.74, 6) is 1.68. The highest BCUT2D eigenvalue weighted by Crippen LogP contribution is 2.62. The SMILES string of the molecule is CC(C)(C)OC(=O)C=Cc1ccc(-c2ccc(OC(C)(C)C(=O)O)c(C34CC5CC(CC(C5)C3)C4)c2)cc1. The van der Waals surface area contributed by atoms with Gasteiger partial charge in [-0.2, -0.15) is 0 Å². The molecule has 0 unspecified atom stereocenters. The van der Waals surface area contributed by atoms with Gasteiger partial charge in [0.15, 0.2) is 5.60 Å². The van der Waals surface area contributed by atoms with Crippen LogP contribution in [0.4, 0.5) is 0 Å². The van der Waals surface area contributed by atoms with Gasteiger partial charge in [0.05, 0.1) is 0 Å². The number of hydrogen-bond donors (Lipinski definition) is 1. The second-order valence-corrected chi connectivity index (χ2v) is 13.3. The number of ether oxygens (including phenoxy) is 2. The van der Waals surface area contributed by atoms with Gasteiger partial charge in [0.1, 0.15) is 11.4 Å². The normalized spacial score (nSPS) is 26.5. The third-order valence-electron chi connectivity index (χ3n) is 8.53. The number of carbonyl (C=O) groups is 2. The van der Waals surface area contributed by atoms with Crippen molar-refractivity contribution < 1.29 is 24.2 Å². The Morgan fingerprint density at radius 1 is 0.868 bits per heavy atom. The number of carboxylic acid groups (broad SMARTS) is 1. The highest BCUT2D eigenvalue weighted by molar-refractivity contribution is 5.87. The Bertz CT molecular complexity index is 1210. The monoisotopic (exact) mass is 516 g/mol. The summed E-state index contributed by atoms with van der Waals surface area (Å²) >= 11 is 0. The van der Waals surface area contributed by atoms with Gasteiger partial charge in [-0.3, -0.25) is 0 Å². The molecule has 0 heterocycles. The largest absolute Gasteiger partial charge is 0.478 e. The molecule has 4 aliphatic rings. The molecular formula is C33H40O5. The molecule has 2 aromatic carbocycles. The number of carbonyl (C=O) groups excluding carboxylic acids is 1. The molecule has 6 rings (SSSR count). The van der Waals surface area contributed by atoms with Crippen molar-refractivity contribution in [2.75, 3.05) is 0 Å². The van der Waals surface area contributed by atoms with Gasteiger partial charge in [-0.05, 0) is 131 Å². The molecule has 38 heavy (non-hydrogen) atoms. The summed E-state index contributed by atoms with van der Waals surface area (Å²) < 4.78 is 11.6.